The fraction of sp³-hybridized carbons (Fsp3) is 0.150. The van der Waals surface area contributed by atoms with Crippen molar-refractivity contribution in [3.63, 3.8) is 0 Å². The Morgan fingerprint density at radius 2 is 2.00 bits per heavy atom. The Morgan fingerprint density at radius 3 is 2.96 bits per heavy atom. The molecule has 0 atom stereocenters. The van der Waals surface area contributed by atoms with Crippen molar-refractivity contribution in [1.82, 2.24) is 9.97 Å². The highest BCUT2D eigenvalue weighted by atomic mass is 16.7. The second-order valence-corrected chi connectivity index (χ2v) is 6.38. The first-order chi connectivity index (χ1) is 13.3. The third-order valence-corrected chi connectivity index (χ3v) is 4.56. The van der Waals surface area contributed by atoms with Crippen molar-refractivity contribution in [3.05, 3.63) is 59.8 Å². The number of rotatable bonds is 3. The summed E-state index contributed by atoms with van der Waals surface area (Å²) in [7, 11) is 0. The molecule has 2 N–H and O–H groups in total. The predicted molar refractivity (Wildman–Crippen MR) is 99.7 cm³/mol. The van der Waals surface area contributed by atoms with Gasteiger partial charge in [-0.25, -0.2) is 9.97 Å². The van der Waals surface area contributed by atoms with Crippen LogP contribution in [0.3, 0.4) is 0 Å². The van der Waals surface area contributed by atoms with Crippen molar-refractivity contribution >= 4 is 17.5 Å². The molecule has 3 heterocycles. The molecule has 0 saturated carbocycles. The molecule has 3 aromatic rings. The molecule has 7 nitrogen and oxygen atoms in total. The third kappa shape index (κ3) is 2.93. The number of hydrogen-bond donors (Lipinski definition) is 2. The van der Waals surface area contributed by atoms with Gasteiger partial charge in [0.15, 0.2) is 11.5 Å². The number of nitrogens with one attached hydrogen (secondary N) is 2. The number of benzene rings is 2. The molecule has 0 fully saturated rings. The largest absolute Gasteiger partial charge is 0.454 e. The molecular weight excluding hydrogens is 344 g/mol. The number of carbonyl (C=O) groups excluding carboxylic acids is 1. The van der Waals surface area contributed by atoms with Crippen molar-refractivity contribution in [1.29, 1.82) is 0 Å². The van der Waals surface area contributed by atoms with Gasteiger partial charge in [-0.15, -0.1) is 0 Å². The van der Waals surface area contributed by atoms with Gasteiger partial charge in [-0.1, -0.05) is 24.3 Å². The zero-order valence-corrected chi connectivity index (χ0v) is 14.4. The van der Waals surface area contributed by atoms with Gasteiger partial charge in [0.1, 0.15) is 0 Å². The Labute approximate surface area is 155 Å². The van der Waals surface area contributed by atoms with Crippen LogP contribution in [0.15, 0.2) is 48.7 Å². The van der Waals surface area contributed by atoms with Gasteiger partial charge in [-0.2, -0.15) is 0 Å². The van der Waals surface area contributed by atoms with E-state index in [4.69, 9.17) is 9.47 Å². The molecule has 7 heteroatoms. The molecule has 5 rings (SSSR count). The highest BCUT2D eigenvalue weighted by molar-refractivity contribution is 5.99. The summed E-state index contributed by atoms with van der Waals surface area (Å²) in [5.41, 5.74) is 4.28. The normalized spacial score (nSPS) is 14.0. The Balaban J connectivity index is 1.43. The summed E-state index contributed by atoms with van der Waals surface area (Å²) in [6.45, 7) is 0.806. The first-order valence-corrected chi connectivity index (χ1v) is 8.64. The molecule has 2 aliphatic heterocycles. The number of para-hydroxylation sites is 1. The Kier molecular flexibility index (Phi) is 3.64. The van der Waals surface area contributed by atoms with Crippen molar-refractivity contribution in [2.24, 2.45) is 0 Å². The lowest BCUT2D eigenvalue weighted by atomic mass is 10.1. The van der Waals surface area contributed by atoms with Crippen molar-refractivity contribution in [3.8, 4) is 22.8 Å². The number of anilines is 2. The number of nitrogens with zero attached hydrogens (tertiary/aromatic N) is 2. The highest BCUT2D eigenvalue weighted by Crippen LogP contribution is 2.34. The number of amides is 1. The molecule has 27 heavy (non-hydrogen) atoms. The molecule has 0 radical (unpaired) electrons. The maximum atomic E-state index is 12.1. The first kappa shape index (κ1) is 15.6. The summed E-state index contributed by atoms with van der Waals surface area (Å²) in [6.07, 6.45) is 1.97. The summed E-state index contributed by atoms with van der Waals surface area (Å²) in [5.74, 6) is 1.95. The monoisotopic (exact) mass is 360 g/mol. The van der Waals surface area contributed by atoms with Crippen LogP contribution in [0.2, 0.25) is 0 Å². The minimum absolute atomic E-state index is 0.0640. The van der Waals surface area contributed by atoms with E-state index in [9.17, 15) is 4.79 Å². The van der Waals surface area contributed by atoms with Gasteiger partial charge in [0.2, 0.25) is 18.6 Å². The van der Waals surface area contributed by atoms with Crippen LogP contribution in [-0.2, 0) is 17.8 Å². The van der Waals surface area contributed by atoms with Crippen LogP contribution >= 0.6 is 0 Å². The van der Waals surface area contributed by atoms with E-state index in [1.165, 1.54) is 0 Å². The van der Waals surface area contributed by atoms with Gasteiger partial charge in [0.05, 0.1) is 17.8 Å². The van der Waals surface area contributed by atoms with E-state index in [2.05, 4.69) is 20.6 Å². The van der Waals surface area contributed by atoms with Gasteiger partial charge in [0, 0.05) is 23.9 Å². The van der Waals surface area contributed by atoms with Gasteiger partial charge in [-0.3, -0.25) is 4.79 Å². The molecule has 0 unspecified atom stereocenters. The molecule has 1 aromatic heterocycles. The topological polar surface area (TPSA) is 85.4 Å². The standard InChI is InChI=1S/C20H16N4O3/c25-18-8-13-10-22-20(24-19(13)14-3-1-2-4-15(14)23-18)21-9-12-5-6-16-17(7-12)27-11-26-16/h1-7,10H,8-9,11H2,(H,23,25)(H,21,22,24). The molecule has 1 amide bonds. The molecule has 0 bridgehead atoms. The number of hydrogen-bond acceptors (Lipinski definition) is 6. The summed E-state index contributed by atoms with van der Waals surface area (Å²) in [6, 6.07) is 13.5. The summed E-state index contributed by atoms with van der Waals surface area (Å²) < 4.78 is 10.7. The van der Waals surface area contributed by atoms with Crippen LogP contribution in [0.1, 0.15) is 11.1 Å². The van der Waals surface area contributed by atoms with Crippen molar-refractivity contribution in [2.45, 2.75) is 13.0 Å². The molecule has 134 valence electrons. The van der Waals surface area contributed by atoms with Crippen LogP contribution in [0, 0.1) is 0 Å². The van der Waals surface area contributed by atoms with Gasteiger partial charge < -0.3 is 20.1 Å². The molecular formula is C20H16N4O3. The average molecular weight is 360 g/mol. The summed E-state index contributed by atoms with van der Waals surface area (Å²) >= 11 is 0. The zero-order chi connectivity index (χ0) is 18.2. The lowest BCUT2D eigenvalue weighted by molar-refractivity contribution is -0.115. The number of carbonyl (C=O) groups is 1. The molecule has 2 aliphatic rings. The van der Waals surface area contributed by atoms with E-state index in [-0.39, 0.29) is 19.1 Å². The fourth-order valence-corrected chi connectivity index (χ4v) is 3.25. The quantitative estimate of drug-likeness (QED) is 0.747. The number of ether oxygens (including phenoxy) is 2. The van der Waals surface area contributed by atoms with Crippen LogP contribution < -0.4 is 20.1 Å². The summed E-state index contributed by atoms with van der Waals surface area (Å²) in [4.78, 5) is 21.1. The van der Waals surface area contributed by atoms with E-state index in [0.29, 0.717) is 12.5 Å². The van der Waals surface area contributed by atoms with E-state index in [1.54, 1.807) is 6.20 Å². The van der Waals surface area contributed by atoms with E-state index < -0.39 is 0 Å². The summed E-state index contributed by atoms with van der Waals surface area (Å²) in [5, 5.41) is 6.16. The van der Waals surface area contributed by atoms with Crippen LogP contribution in [0.5, 0.6) is 11.5 Å². The van der Waals surface area contributed by atoms with Crippen LogP contribution in [-0.4, -0.2) is 22.7 Å². The first-order valence-electron chi connectivity index (χ1n) is 8.64. The van der Waals surface area contributed by atoms with Crippen molar-refractivity contribution < 1.29 is 14.3 Å². The molecule has 0 saturated heterocycles. The maximum absolute atomic E-state index is 12.1. The lowest BCUT2D eigenvalue weighted by Crippen LogP contribution is -2.12. The average Bonchev–Trinajstić information content (AvgIpc) is 3.10. The van der Waals surface area contributed by atoms with E-state index in [1.807, 2.05) is 42.5 Å². The predicted octanol–water partition coefficient (Wildman–Crippen LogP) is 2.98. The minimum atomic E-state index is -0.0640. The Bertz CT molecular complexity index is 1050. The third-order valence-electron chi connectivity index (χ3n) is 4.56. The second kappa shape index (κ2) is 6.28. The van der Waals surface area contributed by atoms with E-state index >= 15 is 0 Å². The van der Waals surface area contributed by atoms with E-state index in [0.717, 1.165) is 39.6 Å². The number of aromatic nitrogens is 2. The lowest BCUT2D eigenvalue weighted by Gasteiger charge is -2.10. The SMILES string of the molecule is O=C1Cc2cnc(NCc3ccc4c(c3)OCO4)nc2-c2ccccc2N1. The van der Waals surface area contributed by atoms with Gasteiger partial charge in [-0.05, 0) is 23.8 Å². The highest BCUT2D eigenvalue weighted by Gasteiger charge is 2.20. The second-order valence-electron chi connectivity index (χ2n) is 6.38. The Hall–Kier alpha value is -3.61. The Morgan fingerprint density at radius 1 is 1.11 bits per heavy atom. The van der Waals surface area contributed by atoms with Gasteiger partial charge in [0.25, 0.3) is 0 Å². The number of fused-ring (bicyclic) bond motifs is 4. The zero-order valence-electron chi connectivity index (χ0n) is 14.4. The maximum Gasteiger partial charge on any atom is 0.231 e. The molecule has 2 aromatic carbocycles. The van der Waals surface area contributed by atoms with Gasteiger partial charge >= 0.3 is 0 Å². The fourth-order valence-electron chi connectivity index (χ4n) is 3.25. The molecule has 0 spiro atoms. The molecule has 0 aliphatic carbocycles. The van der Waals surface area contributed by atoms with Crippen molar-refractivity contribution in [2.75, 3.05) is 17.4 Å². The van der Waals surface area contributed by atoms with Crippen LogP contribution in [0.4, 0.5) is 11.6 Å². The smallest absolute Gasteiger partial charge is 0.231 e. The van der Waals surface area contributed by atoms with Crippen LogP contribution in [0.25, 0.3) is 11.3 Å². The minimum Gasteiger partial charge on any atom is -0.454 e.